The quantitative estimate of drug-likeness (QED) is 0.498. The number of nitro benzene ring substituents is 1. The highest BCUT2D eigenvalue weighted by atomic mass is 19.3. The Morgan fingerprint density at radius 3 is 2.19 bits per heavy atom. The van der Waals surface area contributed by atoms with Gasteiger partial charge in [0.15, 0.2) is 11.6 Å². The lowest BCUT2D eigenvalue weighted by Gasteiger charge is -2.11. The summed E-state index contributed by atoms with van der Waals surface area (Å²) < 4.78 is 49.9. The first-order chi connectivity index (χ1) is 7.34. The summed E-state index contributed by atoms with van der Waals surface area (Å²) in [7, 11) is 0. The second-order valence-electron chi connectivity index (χ2n) is 2.94. The predicted molar refractivity (Wildman–Crippen MR) is 45.9 cm³/mol. The molecule has 1 rings (SSSR count). The minimum absolute atomic E-state index is 0.229. The molecule has 1 unspecified atom stereocenters. The van der Waals surface area contributed by atoms with E-state index in [0.29, 0.717) is 6.07 Å². The average Bonchev–Trinajstić information content (AvgIpc) is 2.19. The molecule has 0 radical (unpaired) electrons. The molecule has 0 saturated heterocycles. The fraction of sp³-hybridized carbons (Fsp3) is 0.250. The van der Waals surface area contributed by atoms with Crippen LogP contribution in [0.25, 0.3) is 0 Å². The molecule has 0 heterocycles. The minimum atomic E-state index is -3.11. The monoisotopic (exact) mass is 238 g/mol. The van der Waals surface area contributed by atoms with E-state index in [1.165, 1.54) is 0 Å². The van der Waals surface area contributed by atoms with Crippen LogP contribution in [-0.4, -0.2) is 11.3 Å². The van der Waals surface area contributed by atoms with Crippen molar-refractivity contribution in [1.29, 1.82) is 0 Å². The van der Waals surface area contributed by atoms with Crippen molar-refractivity contribution in [3.8, 4) is 0 Å². The first-order valence-corrected chi connectivity index (χ1v) is 4.01. The van der Waals surface area contributed by atoms with Crippen molar-refractivity contribution in [3.05, 3.63) is 39.4 Å². The summed E-state index contributed by atoms with van der Waals surface area (Å²) in [5.41, 5.74) is 3.25. The number of rotatable bonds is 3. The molecule has 0 aromatic heterocycles. The number of halogens is 4. The van der Waals surface area contributed by atoms with Crippen LogP contribution < -0.4 is 5.73 Å². The molecule has 8 heteroatoms. The fourth-order valence-corrected chi connectivity index (χ4v) is 1.11. The Balaban J connectivity index is 3.36. The van der Waals surface area contributed by atoms with Crippen molar-refractivity contribution in [2.24, 2.45) is 5.73 Å². The van der Waals surface area contributed by atoms with E-state index in [1.807, 2.05) is 0 Å². The van der Waals surface area contributed by atoms with Crippen LogP contribution in [0.5, 0.6) is 0 Å². The highest BCUT2D eigenvalue weighted by molar-refractivity contribution is 5.43. The molecule has 0 amide bonds. The second-order valence-corrected chi connectivity index (χ2v) is 2.94. The molecule has 0 aliphatic rings. The predicted octanol–water partition coefficient (Wildman–Crippen LogP) is 2.14. The topological polar surface area (TPSA) is 69.2 Å². The summed E-state index contributed by atoms with van der Waals surface area (Å²) >= 11 is 0. The Bertz CT molecular complexity index is 425. The van der Waals surface area contributed by atoms with Gasteiger partial charge in [-0.05, 0) is 6.07 Å². The van der Waals surface area contributed by atoms with E-state index in [2.05, 4.69) is 0 Å². The Morgan fingerprint density at radius 1 is 1.25 bits per heavy atom. The smallest absolute Gasteiger partial charge is 0.277 e. The molecule has 0 fully saturated rings. The van der Waals surface area contributed by atoms with Crippen LogP contribution in [0.3, 0.4) is 0 Å². The van der Waals surface area contributed by atoms with Crippen LogP contribution in [0.4, 0.5) is 23.2 Å². The molecular formula is C8H6F4N2O2. The maximum atomic E-state index is 12.7. The van der Waals surface area contributed by atoms with Gasteiger partial charge >= 0.3 is 0 Å². The molecule has 16 heavy (non-hydrogen) atoms. The van der Waals surface area contributed by atoms with E-state index < -0.39 is 40.3 Å². The van der Waals surface area contributed by atoms with Gasteiger partial charge in [-0.3, -0.25) is 10.1 Å². The lowest BCUT2D eigenvalue weighted by molar-refractivity contribution is -0.386. The number of nitrogens with two attached hydrogens (primary N) is 1. The number of hydrogen-bond donors (Lipinski definition) is 1. The maximum Gasteiger partial charge on any atom is 0.277 e. The highest BCUT2D eigenvalue weighted by Gasteiger charge is 2.28. The zero-order chi connectivity index (χ0) is 12.5. The third-order valence-electron chi connectivity index (χ3n) is 1.90. The molecular weight excluding hydrogens is 232 g/mol. The zero-order valence-electron chi connectivity index (χ0n) is 7.66. The second kappa shape index (κ2) is 4.44. The number of alkyl halides is 2. The number of nitrogens with zero attached hydrogens (tertiary/aromatic N) is 1. The molecule has 0 aliphatic heterocycles. The van der Waals surface area contributed by atoms with E-state index in [9.17, 15) is 27.7 Å². The van der Waals surface area contributed by atoms with Gasteiger partial charge in [0.1, 0.15) is 0 Å². The molecule has 1 aromatic rings. The molecule has 1 aromatic carbocycles. The molecule has 4 nitrogen and oxygen atoms in total. The number of nitro groups is 1. The fourth-order valence-electron chi connectivity index (χ4n) is 1.11. The molecule has 2 N–H and O–H groups in total. The van der Waals surface area contributed by atoms with Crippen molar-refractivity contribution >= 4 is 5.69 Å². The number of hydrogen-bond acceptors (Lipinski definition) is 3. The third-order valence-corrected chi connectivity index (χ3v) is 1.90. The van der Waals surface area contributed by atoms with E-state index >= 15 is 0 Å². The van der Waals surface area contributed by atoms with Gasteiger partial charge in [0.25, 0.3) is 12.1 Å². The molecule has 1 atom stereocenters. The molecule has 0 bridgehead atoms. The summed E-state index contributed by atoms with van der Waals surface area (Å²) in [6.07, 6.45) is -3.11. The first-order valence-electron chi connectivity index (χ1n) is 4.01. The van der Waals surface area contributed by atoms with E-state index in [4.69, 9.17) is 5.73 Å². The summed E-state index contributed by atoms with van der Waals surface area (Å²) in [6, 6.07) is -1.49. The highest BCUT2D eigenvalue weighted by Crippen LogP contribution is 2.29. The van der Waals surface area contributed by atoms with Gasteiger partial charge in [-0.15, -0.1) is 0 Å². The van der Waals surface area contributed by atoms with Gasteiger partial charge in [0.05, 0.1) is 22.6 Å². The van der Waals surface area contributed by atoms with Crippen LogP contribution in [0.2, 0.25) is 0 Å². The maximum absolute atomic E-state index is 12.7. The average molecular weight is 238 g/mol. The van der Waals surface area contributed by atoms with Gasteiger partial charge in [-0.2, -0.15) is 0 Å². The van der Waals surface area contributed by atoms with Crippen LogP contribution in [0.1, 0.15) is 11.6 Å². The van der Waals surface area contributed by atoms with Crippen LogP contribution in [0.15, 0.2) is 12.1 Å². The lowest BCUT2D eigenvalue weighted by Crippen LogP contribution is -2.20. The van der Waals surface area contributed by atoms with Gasteiger partial charge in [-0.25, -0.2) is 17.6 Å². The number of benzene rings is 1. The summed E-state index contributed by atoms with van der Waals surface area (Å²) in [6.45, 7) is 0. The summed E-state index contributed by atoms with van der Waals surface area (Å²) in [4.78, 5) is 9.33. The lowest BCUT2D eigenvalue weighted by atomic mass is 10.1. The Morgan fingerprint density at radius 2 is 1.75 bits per heavy atom. The molecule has 88 valence electrons. The van der Waals surface area contributed by atoms with Crippen molar-refractivity contribution < 1.29 is 22.5 Å². The largest absolute Gasteiger partial charge is 0.319 e. The Hall–Kier alpha value is -1.70. The van der Waals surface area contributed by atoms with Gasteiger partial charge in [0, 0.05) is 0 Å². The van der Waals surface area contributed by atoms with E-state index in [1.54, 1.807) is 0 Å². The Kier molecular flexibility index (Phi) is 3.43. The van der Waals surface area contributed by atoms with Crippen molar-refractivity contribution in [2.75, 3.05) is 0 Å². The first kappa shape index (κ1) is 12.4. The van der Waals surface area contributed by atoms with Gasteiger partial charge < -0.3 is 5.73 Å². The molecule has 0 saturated carbocycles. The van der Waals surface area contributed by atoms with Gasteiger partial charge in [-0.1, -0.05) is 0 Å². The van der Waals surface area contributed by atoms with Crippen LogP contribution in [-0.2, 0) is 0 Å². The van der Waals surface area contributed by atoms with Crippen molar-refractivity contribution in [3.63, 3.8) is 0 Å². The van der Waals surface area contributed by atoms with Crippen molar-refractivity contribution in [1.82, 2.24) is 0 Å². The van der Waals surface area contributed by atoms with E-state index in [-0.39, 0.29) is 6.07 Å². The zero-order valence-corrected chi connectivity index (χ0v) is 7.66. The van der Waals surface area contributed by atoms with Gasteiger partial charge in [0.2, 0.25) is 0 Å². The molecule has 0 aliphatic carbocycles. The normalized spacial score (nSPS) is 12.9. The van der Waals surface area contributed by atoms with E-state index in [0.717, 1.165) is 0 Å². The standard InChI is InChI=1S/C8H6F4N2O2/c9-4-1-3(7(13)8(11)12)6(14(15)16)2-5(4)10/h1-2,7-8H,13H2. The summed E-state index contributed by atoms with van der Waals surface area (Å²) in [5.74, 6) is -2.95. The molecule has 0 spiro atoms. The SMILES string of the molecule is NC(c1cc(F)c(F)cc1[N+](=O)[O-])C(F)F. The van der Waals surface area contributed by atoms with Crippen molar-refractivity contribution in [2.45, 2.75) is 12.5 Å². The third kappa shape index (κ3) is 2.27. The minimum Gasteiger partial charge on any atom is -0.319 e. The van der Waals surface area contributed by atoms with Crippen LogP contribution in [0, 0.1) is 21.7 Å². The van der Waals surface area contributed by atoms with Crippen LogP contribution >= 0.6 is 0 Å². The Labute approximate surface area is 86.8 Å². The summed E-state index contributed by atoms with van der Waals surface area (Å²) in [5, 5.41) is 10.4.